The summed E-state index contributed by atoms with van der Waals surface area (Å²) in [6.45, 7) is 1.30. The van der Waals surface area contributed by atoms with Gasteiger partial charge in [0.2, 0.25) is 10.0 Å². The molecule has 0 radical (unpaired) electrons. The molecule has 0 saturated carbocycles. The number of methoxy groups -OCH3 is 2. The first kappa shape index (κ1) is 24.9. The van der Waals surface area contributed by atoms with Gasteiger partial charge >= 0.3 is 11.8 Å². The van der Waals surface area contributed by atoms with Gasteiger partial charge in [-0.3, -0.25) is 9.59 Å². The molecule has 174 valence electrons. The van der Waals surface area contributed by atoms with Crippen LogP contribution < -0.4 is 20.1 Å². The molecule has 1 aliphatic rings. The lowest BCUT2D eigenvalue weighted by Crippen LogP contribution is -2.53. The minimum atomic E-state index is -3.95. The molecule has 2 rings (SSSR count). The first-order chi connectivity index (χ1) is 14.7. The number of hydrogen-bond donors (Lipinski definition) is 2. The van der Waals surface area contributed by atoms with Crippen molar-refractivity contribution in [2.45, 2.75) is 17.5 Å². The van der Waals surface area contributed by atoms with Gasteiger partial charge in [0.15, 0.2) is 11.5 Å². The van der Waals surface area contributed by atoms with Crippen LogP contribution in [0.5, 0.6) is 11.5 Å². The summed E-state index contributed by atoms with van der Waals surface area (Å²) in [5, 5.41) is 4.95. The molecule has 1 aromatic carbocycles. The van der Waals surface area contributed by atoms with E-state index in [0.29, 0.717) is 31.9 Å². The number of sulfonamides is 1. The Morgan fingerprint density at radius 2 is 1.84 bits per heavy atom. The van der Waals surface area contributed by atoms with Crippen molar-refractivity contribution >= 4 is 21.8 Å². The van der Waals surface area contributed by atoms with E-state index in [1.807, 2.05) is 19.0 Å². The summed E-state index contributed by atoms with van der Waals surface area (Å²) in [5.74, 6) is -0.954. The maximum Gasteiger partial charge on any atom is 0.309 e. The highest BCUT2D eigenvalue weighted by atomic mass is 32.2. The molecule has 2 amide bonds. The smallest absolute Gasteiger partial charge is 0.309 e. The third-order valence-corrected chi connectivity index (χ3v) is 6.49. The van der Waals surface area contributed by atoms with E-state index in [4.69, 9.17) is 14.2 Å². The first-order valence-corrected chi connectivity index (χ1v) is 11.2. The number of nitrogens with one attached hydrogen (secondary N) is 2. The van der Waals surface area contributed by atoms with Gasteiger partial charge in [-0.25, -0.2) is 8.42 Å². The van der Waals surface area contributed by atoms with Crippen molar-refractivity contribution in [1.82, 2.24) is 19.8 Å². The largest absolute Gasteiger partial charge is 0.493 e. The van der Waals surface area contributed by atoms with E-state index in [0.717, 1.165) is 0 Å². The van der Waals surface area contributed by atoms with Gasteiger partial charge in [-0.05, 0) is 32.6 Å². The molecule has 31 heavy (non-hydrogen) atoms. The number of hydrogen-bond acceptors (Lipinski definition) is 8. The van der Waals surface area contributed by atoms with Crippen LogP contribution in [0.3, 0.4) is 0 Å². The number of rotatable bonds is 9. The van der Waals surface area contributed by atoms with Gasteiger partial charge < -0.3 is 29.7 Å². The number of likely N-dealkylation sites (N-methyl/N-ethyl adjacent to an activating group) is 1. The fraction of sp³-hybridized carbons (Fsp3) is 0.579. The Kier molecular flexibility index (Phi) is 9.04. The summed E-state index contributed by atoms with van der Waals surface area (Å²) < 4.78 is 43.5. The zero-order valence-corrected chi connectivity index (χ0v) is 19.0. The van der Waals surface area contributed by atoms with Crippen molar-refractivity contribution in [3.8, 4) is 11.5 Å². The molecule has 2 N–H and O–H groups in total. The van der Waals surface area contributed by atoms with Gasteiger partial charge in [-0.15, -0.1) is 0 Å². The van der Waals surface area contributed by atoms with Gasteiger partial charge in [0.05, 0.1) is 32.3 Å². The van der Waals surface area contributed by atoms with Crippen LogP contribution >= 0.6 is 0 Å². The van der Waals surface area contributed by atoms with Crippen molar-refractivity contribution in [2.24, 2.45) is 0 Å². The molecule has 1 atom stereocenters. The molecule has 11 nitrogen and oxygen atoms in total. The summed E-state index contributed by atoms with van der Waals surface area (Å²) in [4.78, 5) is 25.8. The van der Waals surface area contributed by atoms with E-state index in [2.05, 4.69) is 10.6 Å². The summed E-state index contributed by atoms with van der Waals surface area (Å²) in [5.41, 5.74) is 0. The van der Waals surface area contributed by atoms with Crippen molar-refractivity contribution in [1.29, 1.82) is 0 Å². The zero-order chi connectivity index (χ0) is 23.0. The molecule has 12 heteroatoms. The second-order valence-electron chi connectivity index (χ2n) is 7.08. The van der Waals surface area contributed by atoms with Crippen LogP contribution in [0.25, 0.3) is 0 Å². The summed E-state index contributed by atoms with van der Waals surface area (Å²) >= 11 is 0. The molecule has 1 aliphatic heterocycles. The van der Waals surface area contributed by atoms with Gasteiger partial charge in [-0.1, -0.05) is 0 Å². The second kappa shape index (κ2) is 11.3. The average molecular weight is 459 g/mol. The van der Waals surface area contributed by atoms with Gasteiger partial charge in [-0.2, -0.15) is 4.31 Å². The Bertz CT molecular complexity index is 876. The molecule has 1 heterocycles. The van der Waals surface area contributed by atoms with Gasteiger partial charge in [0.25, 0.3) is 0 Å². The number of ether oxygens (including phenoxy) is 3. The van der Waals surface area contributed by atoms with Crippen molar-refractivity contribution in [3.05, 3.63) is 18.2 Å². The van der Waals surface area contributed by atoms with Crippen LogP contribution in [0.2, 0.25) is 0 Å². The quantitative estimate of drug-likeness (QED) is 0.462. The third-order valence-electron chi connectivity index (χ3n) is 4.60. The van der Waals surface area contributed by atoms with E-state index < -0.39 is 28.1 Å². The Morgan fingerprint density at radius 1 is 1.16 bits per heavy atom. The molecular formula is C19H30N4O7S. The molecule has 1 fully saturated rings. The zero-order valence-electron chi connectivity index (χ0n) is 18.2. The van der Waals surface area contributed by atoms with Crippen molar-refractivity contribution < 1.29 is 32.2 Å². The Labute approximate surface area is 182 Å². The number of amides is 2. The standard InChI is InChI=1S/C19H30N4O7S/c1-22(2)10-8-20-18(24)19(25)21-13-17-23(9-5-11-30-17)31(26,27)14-6-7-15(28-3)16(12-14)29-4/h6-7,12,17H,5,8-11,13H2,1-4H3,(H,20,24)(H,21,25)/t17-/m1/s1. The van der Waals surface area contributed by atoms with E-state index in [1.54, 1.807) is 0 Å². The average Bonchev–Trinajstić information content (AvgIpc) is 2.76. The second-order valence-corrected chi connectivity index (χ2v) is 8.97. The highest BCUT2D eigenvalue weighted by Crippen LogP contribution is 2.31. The lowest BCUT2D eigenvalue weighted by atomic mass is 10.3. The van der Waals surface area contributed by atoms with Crippen LogP contribution in [-0.4, -0.2) is 96.8 Å². The fourth-order valence-corrected chi connectivity index (χ4v) is 4.53. The van der Waals surface area contributed by atoms with Crippen molar-refractivity contribution in [2.75, 3.05) is 61.1 Å². The highest BCUT2D eigenvalue weighted by Gasteiger charge is 2.35. The van der Waals surface area contributed by atoms with E-state index >= 15 is 0 Å². The molecule has 0 spiro atoms. The minimum absolute atomic E-state index is 0.00778. The fourth-order valence-electron chi connectivity index (χ4n) is 2.95. The minimum Gasteiger partial charge on any atom is -0.493 e. The van der Waals surface area contributed by atoms with E-state index in [9.17, 15) is 18.0 Å². The van der Waals surface area contributed by atoms with Crippen molar-refractivity contribution in [3.63, 3.8) is 0 Å². The maximum absolute atomic E-state index is 13.2. The third kappa shape index (κ3) is 6.53. The highest BCUT2D eigenvalue weighted by molar-refractivity contribution is 7.89. The summed E-state index contributed by atoms with van der Waals surface area (Å²) in [6, 6.07) is 4.29. The SMILES string of the molecule is COc1ccc(S(=O)(=O)N2CCCO[C@@H]2CNC(=O)C(=O)NCCN(C)C)cc1OC. The molecule has 0 aliphatic carbocycles. The van der Waals surface area contributed by atoms with Crippen LogP contribution in [0.4, 0.5) is 0 Å². The number of carbonyl (C=O) groups excluding carboxylic acids is 2. The molecule has 0 aromatic heterocycles. The predicted molar refractivity (Wildman–Crippen MR) is 112 cm³/mol. The molecule has 1 aromatic rings. The van der Waals surface area contributed by atoms with E-state index in [-0.39, 0.29) is 23.7 Å². The van der Waals surface area contributed by atoms with Crippen LogP contribution in [-0.2, 0) is 24.3 Å². The van der Waals surface area contributed by atoms with Gasteiger partial charge in [0, 0.05) is 25.7 Å². The summed E-state index contributed by atoms with van der Waals surface area (Å²) in [7, 11) is 2.62. The van der Waals surface area contributed by atoms with Crippen LogP contribution in [0.1, 0.15) is 6.42 Å². The van der Waals surface area contributed by atoms with Crippen LogP contribution in [0, 0.1) is 0 Å². The van der Waals surface area contributed by atoms with Crippen LogP contribution in [0.15, 0.2) is 23.1 Å². The first-order valence-electron chi connectivity index (χ1n) is 9.77. The molecular weight excluding hydrogens is 428 g/mol. The maximum atomic E-state index is 13.2. The Balaban J connectivity index is 2.07. The number of benzene rings is 1. The van der Waals surface area contributed by atoms with E-state index in [1.165, 1.54) is 36.7 Å². The molecule has 1 saturated heterocycles. The Hall–Kier alpha value is -2.41. The number of nitrogens with zero attached hydrogens (tertiary/aromatic N) is 2. The predicted octanol–water partition coefficient (Wildman–Crippen LogP) is -0.765. The monoisotopic (exact) mass is 458 g/mol. The molecule has 0 bridgehead atoms. The topological polar surface area (TPSA) is 127 Å². The summed E-state index contributed by atoms with van der Waals surface area (Å²) in [6.07, 6.45) is -0.437. The van der Waals surface area contributed by atoms with Gasteiger partial charge in [0.1, 0.15) is 6.23 Å². The number of carbonyl (C=O) groups is 2. The molecule has 0 unspecified atom stereocenters. The Morgan fingerprint density at radius 3 is 2.48 bits per heavy atom. The lowest BCUT2D eigenvalue weighted by molar-refractivity contribution is -0.140. The lowest BCUT2D eigenvalue weighted by Gasteiger charge is -2.34. The normalized spacial score (nSPS) is 17.3.